The van der Waals surface area contributed by atoms with Gasteiger partial charge in [-0.25, -0.2) is 4.79 Å². The zero-order valence-corrected chi connectivity index (χ0v) is 13.0. The molecule has 0 saturated heterocycles. The van der Waals surface area contributed by atoms with Crippen LogP contribution in [-0.2, 0) is 22.3 Å². The van der Waals surface area contributed by atoms with Gasteiger partial charge >= 0.3 is 5.97 Å². The molecule has 1 aromatic heterocycles. The van der Waals surface area contributed by atoms with E-state index in [1.54, 1.807) is 20.8 Å². The van der Waals surface area contributed by atoms with Crippen molar-refractivity contribution in [2.45, 2.75) is 84.3 Å². The van der Waals surface area contributed by atoms with Crippen LogP contribution in [0.3, 0.4) is 0 Å². The van der Waals surface area contributed by atoms with Crippen LogP contribution < -0.4 is 0 Å². The van der Waals surface area contributed by atoms with Crippen molar-refractivity contribution in [3.05, 3.63) is 23.9 Å². The van der Waals surface area contributed by atoms with E-state index in [0.717, 1.165) is 0 Å². The van der Waals surface area contributed by atoms with Crippen molar-refractivity contribution in [3.63, 3.8) is 0 Å². The summed E-state index contributed by atoms with van der Waals surface area (Å²) in [6.45, 7) is 4.37. The van der Waals surface area contributed by atoms with Gasteiger partial charge in [-0.05, 0) is 27.1 Å². The van der Waals surface area contributed by atoms with Crippen LogP contribution >= 0.6 is 0 Å². The molecule has 0 fully saturated rings. The fraction of sp³-hybridized carbons (Fsp3) is 0.722. The summed E-state index contributed by atoms with van der Waals surface area (Å²) in [4.78, 5) is 15.7. The van der Waals surface area contributed by atoms with Gasteiger partial charge in [-0.15, -0.1) is 0 Å². The fourth-order valence-corrected chi connectivity index (χ4v) is 1.19. The molecule has 0 N–H and O–H groups in total. The minimum atomic E-state index is -4.42. The standard InChI is InChI=1S/C18H30N2O3/c1-6-7-8-9-10-11-12-15-19-16(23-20-15)13-14(2)17(21)22-18(3,4)5/h2,6-13H2,1,3-5H3/i1D3,6D2,7D2,8D2,9D2,10D2,11D2,12D2. The van der Waals surface area contributed by atoms with Crippen molar-refractivity contribution in [1.82, 2.24) is 10.1 Å². The van der Waals surface area contributed by atoms with Crippen molar-refractivity contribution in [1.29, 1.82) is 0 Å². The quantitative estimate of drug-likeness (QED) is 0.466. The molecule has 0 aliphatic carbocycles. The maximum atomic E-state index is 12.1. The lowest BCUT2D eigenvalue weighted by Gasteiger charge is -2.19. The Morgan fingerprint density at radius 2 is 2.00 bits per heavy atom. The first-order chi connectivity index (χ1) is 17.2. The smallest absolute Gasteiger partial charge is 0.334 e. The summed E-state index contributed by atoms with van der Waals surface area (Å²) in [7, 11) is 0. The Balaban J connectivity index is 3.51. The molecular formula is C18H30N2O3. The van der Waals surface area contributed by atoms with Gasteiger partial charge in [0.05, 0.1) is 6.42 Å². The van der Waals surface area contributed by atoms with Gasteiger partial charge in [-0.1, -0.05) is 50.5 Å². The average molecular weight is 340 g/mol. The van der Waals surface area contributed by atoms with Crippen LogP contribution in [0.4, 0.5) is 0 Å². The molecule has 1 heterocycles. The third-order valence-corrected chi connectivity index (χ3v) is 2.01. The Morgan fingerprint density at radius 3 is 2.70 bits per heavy atom. The highest BCUT2D eigenvalue weighted by molar-refractivity contribution is 5.88. The zero-order chi connectivity index (χ0) is 32.3. The van der Waals surface area contributed by atoms with E-state index in [1.165, 1.54) is 0 Å². The number of ether oxygens (including phenoxy) is 1. The highest BCUT2D eigenvalue weighted by Crippen LogP contribution is 2.14. The van der Waals surface area contributed by atoms with Gasteiger partial charge in [-0.3, -0.25) is 0 Å². The third kappa shape index (κ3) is 8.53. The van der Waals surface area contributed by atoms with Gasteiger partial charge in [0.2, 0.25) is 5.89 Å². The molecule has 0 spiro atoms. The van der Waals surface area contributed by atoms with Crippen molar-refractivity contribution in [3.8, 4) is 0 Å². The number of hydrogen-bond acceptors (Lipinski definition) is 5. The maximum Gasteiger partial charge on any atom is 0.334 e. The van der Waals surface area contributed by atoms with E-state index in [1.807, 2.05) is 0 Å². The Kier molecular flexibility index (Phi) is 2.48. The molecule has 0 saturated carbocycles. The van der Waals surface area contributed by atoms with Crippen molar-refractivity contribution in [2.75, 3.05) is 0 Å². The molecule has 23 heavy (non-hydrogen) atoms. The molecule has 0 radical (unpaired) electrons. The number of rotatable bonds is 10. The van der Waals surface area contributed by atoms with Gasteiger partial charge < -0.3 is 9.26 Å². The minimum absolute atomic E-state index is 0.223. The van der Waals surface area contributed by atoms with E-state index in [9.17, 15) is 4.79 Å². The molecule has 1 aromatic rings. The van der Waals surface area contributed by atoms with Crippen LogP contribution in [0, 0.1) is 0 Å². The summed E-state index contributed by atoms with van der Waals surface area (Å²) in [5.41, 5.74) is -1.11. The number of esters is 1. The van der Waals surface area contributed by atoms with Crippen LogP contribution in [0.25, 0.3) is 0 Å². The third-order valence-electron chi connectivity index (χ3n) is 2.01. The number of carbonyl (C=O) groups is 1. The first-order valence-corrected chi connectivity index (χ1v) is 6.48. The highest BCUT2D eigenvalue weighted by Gasteiger charge is 2.20. The first-order valence-electron chi connectivity index (χ1n) is 15.0. The molecule has 0 bridgehead atoms. The van der Waals surface area contributed by atoms with Crippen molar-refractivity contribution >= 4 is 5.97 Å². The Hall–Kier alpha value is -1.65. The van der Waals surface area contributed by atoms with Crippen molar-refractivity contribution in [2.24, 2.45) is 0 Å². The fourth-order valence-electron chi connectivity index (χ4n) is 1.19. The Bertz CT molecular complexity index is 1120. The van der Waals surface area contributed by atoms with Crippen LogP contribution in [0.2, 0.25) is 0 Å². The Labute approximate surface area is 163 Å². The second-order valence-corrected chi connectivity index (χ2v) is 5.17. The molecule has 5 nitrogen and oxygen atoms in total. The second-order valence-electron chi connectivity index (χ2n) is 5.17. The van der Waals surface area contributed by atoms with Crippen LogP contribution in [0.5, 0.6) is 0 Å². The topological polar surface area (TPSA) is 65.2 Å². The molecule has 0 unspecified atom stereocenters. The summed E-state index contributed by atoms with van der Waals surface area (Å²) in [6.07, 6.45) is -29.9. The van der Waals surface area contributed by atoms with E-state index >= 15 is 0 Å². The van der Waals surface area contributed by atoms with E-state index in [-0.39, 0.29) is 5.57 Å². The van der Waals surface area contributed by atoms with E-state index in [2.05, 4.69) is 16.7 Å². The lowest BCUT2D eigenvalue weighted by atomic mass is 10.1. The number of carbonyl (C=O) groups excluding carboxylic acids is 1. The van der Waals surface area contributed by atoms with Crippen molar-refractivity contribution < 1.29 is 37.4 Å². The SMILES string of the molecule is [2H]C([2H])([2H])C([2H])([2H])C([2H])([2H])C([2H])([2H])C([2H])([2H])C([2H])([2H])C([2H])([2H])C([2H])([2H])c1noc(CC(=C)C(=O)OC(C)(C)C)n1. The largest absolute Gasteiger partial charge is 0.457 e. The predicted octanol–water partition coefficient (Wildman–Crippen LogP) is 4.41. The van der Waals surface area contributed by atoms with Gasteiger partial charge in [-0.2, -0.15) is 4.98 Å². The van der Waals surface area contributed by atoms with Crippen LogP contribution in [0.15, 0.2) is 16.7 Å². The van der Waals surface area contributed by atoms with Crippen LogP contribution in [0.1, 0.15) is 101 Å². The summed E-state index contributed by atoms with van der Waals surface area (Å²) < 4.78 is 144. The minimum Gasteiger partial charge on any atom is -0.457 e. The summed E-state index contributed by atoms with van der Waals surface area (Å²) >= 11 is 0. The molecular weight excluding hydrogens is 292 g/mol. The first kappa shape index (κ1) is 6.01. The Morgan fingerprint density at radius 1 is 1.30 bits per heavy atom. The molecule has 0 aromatic carbocycles. The second kappa shape index (κ2) is 9.48. The van der Waals surface area contributed by atoms with Crippen LogP contribution in [-0.4, -0.2) is 21.7 Å². The molecule has 130 valence electrons. The monoisotopic (exact) mass is 339 g/mol. The van der Waals surface area contributed by atoms with Gasteiger partial charge in [0.25, 0.3) is 0 Å². The van der Waals surface area contributed by atoms with Gasteiger partial charge in [0.15, 0.2) is 5.82 Å². The molecule has 0 atom stereocenters. The number of aryl methyl sites for hydroxylation is 1. The molecule has 1 rings (SSSR count). The molecule has 5 heteroatoms. The summed E-state index contributed by atoms with van der Waals surface area (Å²) in [5.74, 6) is -2.55. The molecule has 0 amide bonds. The van der Waals surface area contributed by atoms with E-state index in [4.69, 9.17) is 32.6 Å². The summed E-state index contributed by atoms with van der Waals surface area (Å²) in [6, 6.07) is 0. The highest BCUT2D eigenvalue weighted by atomic mass is 16.6. The molecule has 0 aliphatic rings. The van der Waals surface area contributed by atoms with Gasteiger partial charge in [0, 0.05) is 35.2 Å². The number of aromatic nitrogens is 2. The average Bonchev–Trinajstić information content (AvgIpc) is 3.20. The maximum absolute atomic E-state index is 12.1. The zero-order valence-electron chi connectivity index (χ0n) is 30.0. The molecule has 0 aliphatic heterocycles. The number of nitrogens with zero attached hydrogens (tertiary/aromatic N) is 2. The number of hydrogen-bond donors (Lipinski definition) is 0. The van der Waals surface area contributed by atoms with Gasteiger partial charge in [0.1, 0.15) is 5.60 Å². The normalized spacial score (nSPS) is 27.3. The predicted molar refractivity (Wildman–Crippen MR) is 90.1 cm³/mol. The lowest BCUT2D eigenvalue weighted by Crippen LogP contribution is -2.25. The van der Waals surface area contributed by atoms with E-state index < -0.39 is 81.2 Å². The lowest BCUT2D eigenvalue weighted by molar-refractivity contribution is -0.150. The summed E-state index contributed by atoms with van der Waals surface area (Å²) in [5, 5.41) is 3.23. The van der Waals surface area contributed by atoms with E-state index in [0.29, 0.717) is 0 Å².